The molecule has 0 bridgehead atoms. The van der Waals surface area contributed by atoms with Crippen LogP contribution in [0, 0.1) is 0 Å². The van der Waals surface area contributed by atoms with Gasteiger partial charge < -0.3 is 5.73 Å². The molecule has 1 atom stereocenters. The van der Waals surface area contributed by atoms with E-state index in [2.05, 4.69) is 0 Å². The summed E-state index contributed by atoms with van der Waals surface area (Å²) in [5.74, 6) is -0.400. The van der Waals surface area contributed by atoms with Gasteiger partial charge in [-0.2, -0.15) is 0 Å². The molecule has 41 valence electrons. The molecule has 0 aromatic carbocycles. The van der Waals surface area contributed by atoms with E-state index < -0.39 is 5.91 Å². The van der Waals surface area contributed by atoms with Crippen LogP contribution in [-0.4, -0.2) is 11.9 Å². The van der Waals surface area contributed by atoms with Crippen molar-refractivity contribution in [1.82, 2.24) is 5.73 Å². The van der Waals surface area contributed by atoms with Crippen LogP contribution in [0.2, 0.25) is 0 Å². The van der Waals surface area contributed by atoms with Gasteiger partial charge in [0.15, 0.2) is 0 Å². The predicted molar refractivity (Wildman–Crippen MR) is 26.4 cm³/mol. The van der Waals surface area contributed by atoms with Crippen LogP contribution in [0.25, 0.3) is 0 Å². The molecule has 0 aromatic rings. The molecular formula is C4H9N2O. The summed E-state index contributed by atoms with van der Waals surface area (Å²) in [6, 6.07) is -0.350. The SMILES string of the molecule is CC([NH])CC(N)=O. The lowest BCUT2D eigenvalue weighted by atomic mass is 10.2. The zero-order chi connectivity index (χ0) is 5.86. The first-order chi connectivity index (χ1) is 3.13. The average molecular weight is 101 g/mol. The number of carbonyl (C=O) groups is 1. The Balaban J connectivity index is 3.13. The molecule has 0 aromatic heterocycles. The monoisotopic (exact) mass is 101 g/mol. The molecule has 0 heterocycles. The summed E-state index contributed by atoms with van der Waals surface area (Å²) in [5.41, 5.74) is 11.5. The highest BCUT2D eigenvalue weighted by Gasteiger charge is 1.97. The molecule has 3 N–H and O–H groups in total. The molecule has 0 rings (SSSR count). The van der Waals surface area contributed by atoms with Crippen molar-refractivity contribution >= 4 is 5.91 Å². The van der Waals surface area contributed by atoms with E-state index in [1.165, 1.54) is 0 Å². The normalized spacial score (nSPS) is 13.4. The fraction of sp³-hybridized carbons (Fsp3) is 0.750. The van der Waals surface area contributed by atoms with Gasteiger partial charge in [-0.15, -0.1) is 0 Å². The van der Waals surface area contributed by atoms with E-state index in [1.807, 2.05) is 0 Å². The summed E-state index contributed by atoms with van der Waals surface area (Å²) in [6.07, 6.45) is 0.167. The highest BCUT2D eigenvalue weighted by molar-refractivity contribution is 5.74. The van der Waals surface area contributed by atoms with Gasteiger partial charge in [-0.3, -0.25) is 10.5 Å². The molecule has 0 aliphatic rings. The van der Waals surface area contributed by atoms with Crippen LogP contribution in [0.1, 0.15) is 13.3 Å². The van der Waals surface area contributed by atoms with Crippen molar-refractivity contribution in [1.29, 1.82) is 0 Å². The summed E-state index contributed by atoms with van der Waals surface area (Å²) in [6.45, 7) is 1.63. The molecule has 7 heavy (non-hydrogen) atoms. The van der Waals surface area contributed by atoms with Crippen LogP contribution in [-0.2, 0) is 4.79 Å². The van der Waals surface area contributed by atoms with Crippen LogP contribution >= 0.6 is 0 Å². The zero-order valence-corrected chi connectivity index (χ0v) is 4.27. The second-order valence-corrected chi connectivity index (χ2v) is 1.57. The highest BCUT2D eigenvalue weighted by atomic mass is 16.1. The van der Waals surface area contributed by atoms with Gasteiger partial charge in [-0.05, 0) is 6.92 Å². The lowest BCUT2D eigenvalue weighted by molar-refractivity contribution is -0.118. The van der Waals surface area contributed by atoms with Crippen LogP contribution < -0.4 is 11.5 Å². The second-order valence-electron chi connectivity index (χ2n) is 1.57. The molecule has 0 aliphatic carbocycles. The second kappa shape index (κ2) is 2.58. The van der Waals surface area contributed by atoms with E-state index in [0.29, 0.717) is 0 Å². The van der Waals surface area contributed by atoms with Gasteiger partial charge in [-0.25, -0.2) is 0 Å². The van der Waals surface area contributed by atoms with E-state index in [0.717, 1.165) is 0 Å². The summed E-state index contributed by atoms with van der Waals surface area (Å²) >= 11 is 0. The molecule has 0 fully saturated rings. The first-order valence-electron chi connectivity index (χ1n) is 2.12. The Kier molecular flexibility index (Phi) is 2.37. The minimum atomic E-state index is -0.400. The van der Waals surface area contributed by atoms with E-state index in [4.69, 9.17) is 11.5 Å². The summed E-state index contributed by atoms with van der Waals surface area (Å²) in [5, 5.41) is 0. The van der Waals surface area contributed by atoms with Crippen molar-refractivity contribution < 1.29 is 4.79 Å². The average Bonchev–Trinajstić information content (AvgIpc) is 1.27. The van der Waals surface area contributed by atoms with E-state index in [1.54, 1.807) is 6.92 Å². The number of hydrogen-bond donors (Lipinski definition) is 1. The quantitative estimate of drug-likeness (QED) is 0.502. The first-order valence-corrected chi connectivity index (χ1v) is 2.12. The maximum absolute atomic E-state index is 9.91. The Morgan fingerprint density at radius 2 is 2.43 bits per heavy atom. The van der Waals surface area contributed by atoms with Gasteiger partial charge in [0.1, 0.15) is 0 Å². The van der Waals surface area contributed by atoms with Crippen molar-refractivity contribution in [2.45, 2.75) is 19.4 Å². The number of hydrogen-bond acceptors (Lipinski definition) is 1. The van der Waals surface area contributed by atoms with Gasteiger partial charge >= 0.3 is 0 Å². The summed E-state index contributed by atoms with van der Waals surface area (Å²) in [4.78, 5) is 9.91. The van der Waals surface area contributed by atoms with Gasteiger partial charge in [0, 0.05) is 12.5 Å². The standard InChI is InChI=1S/C4H9N2O/c1-3(5)2-4(6)7/h3,5H,2H2,1H3,(H2,6,7). The molecule has 0 aliphatic heterocycles. The van der Waals surface area contributed by atoms with Gasteiger partial charge in [0.25, 0.3) is 0 Å². The smallest absolute Gasteiger partial charge is 0.219 e. The van der Waals surface area contributed by atoms with Gasteiger partial charge in [-0.1, -0.05) is 0 Å². The van der Waals surface area contributed by atoms with E-state index in [-0.39, 0.29) is 12.5 Å². The van der Waals surface area contributed by atoms with Crippen LogP contribution in [0.3, 0.4) is 0 Å². The van der Waals surface area contributed by atoms with E-state index in [9.17, 15) is 4.79 Å². The Labute approximate surface area is 42.7 Å². The third-order valence-electron chi connectivity index (χ3n) is 0.507. The van der Waals surface area contributed by atoms with Crippen molar-refractivity contribution in [2.75, 3.05) is 0 Å². The van der Waals surface area contributed by atoms with Crippen molar-refractivity contribution in [3.05, 3.63) is 0 Å². The van der Waals surface area contributed by atoms with Crippen LogP contribution in [0.4, 0.5) is 0 Å². The fourth-order valence-electron chi connectivity index (χ4n) is 0.302. The maximum Gasteiger partial charge on any atom is 0.219 e. The maximum atomic E-state index is 9.91. The molecule has 0 saturated carbocycles. The number of nitrogens with one attached hydrogen (secondary N) is 1. The molecule has 1 unspecified atom stereocenters. The Bertz CT molecular complexity index is 70.1. The summed E-state index contributed by atoms with van der Waals surface area (Å²) in [7, 11) is 0. The lowest BCUT2D eigenvalue weighted by Gasteiger charge is -1.94. The Hall–Kier alpha value is -0.570. The van der Waals surface area contributed by atoms with Crippen LogP contribution in [0.15, 0.2) is 0 Å². The topological polar surface area (TPSA) is 66.9 Å². The van der Waals surface area contributed by atoms with Crippen molar-refractivity contribution in [2.24, 2.45) is 5.73 Å². The molecule has 1 radical (unpaired) electrons. The third kappa shape index (κ3) is 5.43. The first kappa shape index (κ1) is 6.43. The minimum Gasteiger partial charge on any atom is -0.370 e. The number of primary amides is 1. The third-order valence-corrected chi connectivity index (χ3v) is 0.507. The minimum absolute atomic E-state index is 0.167. The van der Waals surface area contributed by atoms with E-state index >= 15 is 0 Å². The highest BCUT2D eigenvalue weighted by Crippen LogP contribution is 1.82. The van der Waals surface area contributed by atoms with Gasteiger partial charge in [0.2, 0.25) is 5.91 Å². The van der Waals surface area contributed by atoms with Crippen molar-refractivity contribution in [3.8, 4) is 0 Å². The Morgan fingerprint density at radius 1 is 2.00 bits per heavy atom. The number of rotatable bonds is 2. The molecule has 0 spiro atoms. The molecule has 1 amide bonds. The zero-order valence-electron chi connectivity index (χ0n) is 4.27. The fourth-order valence-corrected chi connectivity index (χ4v) is 0.302. The largest absolute Gasteiger partial charge is 0.370 e. The lowest BCUT2D eigenvalue weighted by Crippen LogP contribution is -2.18. The number of nitrogens with two attached hydrogens (primary N) is 1. The number of amides is 1. The van der Waals surface area contributed by atoms with Crippen LogP contribution in [0.5, 0.6) is 0 Å². The van der Waals surface area contributed by atoms with Gasteiger partial charge in [0.05, 0.1) is 0 Å². The molecular weight excluding hydrogens is 92.1 g/mol. The number of carbonyl (C=O) groups excluding carboxylic acids is 1. The molecule has 0 saturated heterocycles. The van der Waals surface area contributed by atoms with Crippen molar-refractivity contribution in [3.63, 3.8) is 0 Å². The Morgan fingerprint density at radius 3 is 2.43 bits per heavy atom. The predicted octanol–water partition coefficient (Wildman–Crippen LogP) is -0.467. The molecule has 3 nitrogen and oxygen atoms in total. The summed E-state index contributed by atoms with van der Waals surface area (Å²) < 4.78 is 0. The molecule has 3 heteroatoms.